The molecule has 188 valence electrons. The Bertz CT molecular complexity index is 1120. The summed E-state index contributed by atoms with van der Waals surface area (Å²) in [6.07, 6.45) is -2.63. The van der Waals surface area contributed by atoms with E-state index in [-0.39, 0.29) is 11.6 Å². The zero-order chi connectivity index (χ0) is 25.8. The number of rotatable bonds is 7. The van der Waals surface area contributed by atoms with E-state index in [4.69, 9.17) is 18.6 Å². The molecular weight excluding hydrogens is 472 g/mol. The second-order valence-electron chi connectivity index (χ2n) is 9.87. The van der Waals surface area contributed by atoms with Crippen molar-refractivity contribution in [3.05, 3.63) is 96.6 Å². The number of ether oxygens (including phenoxy) is 3. The highest BCUT2D eigenvalue weighted by Gasteiger charge is 2.55. The fourth-order valence-electron chi connectivity index (χ4n) is 4.74. The molecule has 3 atom stereocenters. The van der Waals surface area contributed by atoms with E-state index >= 15 is 0 Å². The third-order valence-electron chi connectivity index (χ3n) is 6.34. The van der Waals surface area contributed by atoms with Gasteiger partial charge >= 0.3 is 11.9 Å². The van der Waals surface area contributed by atoms with E-state index in [1.807, 2.05) is 42.5 Å². The largest absolute Gasteiger partial charge is 0.449 e. The Morgan fingerprint density at radius 2 is 1.31 bits per heavy atom. The third kappa shape index (κ3) is 5.28. The number of hydrogen-bond acceptors (Lipinski definition) is 6. The zero-order valence-electron chi connectivity index (χ0n) is 21.0. The molecule has 0 N–H and O–H groups in total. The molecule has 1 saturated heterocycles. The van der Waals surface area contributed by atoms with Gasteiger partial charge < -0.3 is 18.6 Å². The van der Waals surface area contributed by atoms with Crippen LogP contribution in [0.1, 0.15) is 38.1 Å². The van der Waals surface area contributed by atoms with Crippen LogP contribution in [0, 0.1) is 0 Å². The van der Waals surface area contributed by atoms with Gasteiger partial charge in [-0.25, -0.2) is 4.79 Å². The summed E-state index contributed by atoms with van der Waals surface area (Å²) in [5, 5.41) is 1.89. The average molecular weight is 505 g/mol. The maximum absolute atomic E-state index is 13.0. The lowest BCUT2D eigenvalue weighted by molar-refractivity contribution is -0.180. The average Bonchev–Trinajstić information content (AvgIpc) is 3.23. The Morgan fingerprint density at radius 1 is 0.806 bits per heavy atom. The van der Waals surface area contributed by atoms with Crippen molar-refractivity contribution >= 4 is 30.6 Å². The van der Waals surface area contributed by atoms with Crippen molar-refractivity contribution in [2.24, 2.45) is 0 Å². The fourth-order valence-corrected chi connectivity index (χ4v) is 9.41. The fraction of sp³-hybridized carbons (Fsp3) is 0.310. The van der Waals surface area contributed by atoms with E-state index < -0.39 is 38.8 Å². The molecule has 1 fully saturated rings. The monoisotopic (exact) mass is 504 g/mol. The minimum Gasteiger partial charge on any atom is -0.449 e. The Balaban J connectivity index is 1.76. The Kier molecular flexibility index (Phi) is 7.73. The number of carbonyl (C=O) groups excluding carboxylic acids is 2. The molecule has 0 aromatic heterocycles. The molecule has 6 nitrogen and oxygen atoms in total. The van der Waals surface area contributed by atoms with Crippen molar-refractivity contribution in [3.63, 3.8) is 0 Å². The topological polar surface area (TPSA) is 71.1 Å². The number of esters is 2. The normalized spacial score (nSPS) is 20.1. The first-order valence-corrected chi connectivity index (χ1v) is 14.0. The van der Waals surface area contributed by atoms with Crippen LogP contribution in [0.25, 0.3) is 0 Å². The van der Waals surface area contributed by atoms with Crippen molar-refractivity contribution in [2.45, 2.75) is 51.2 Å². The molecule has 0 amide bonds. The van der Waals surface area contributed by atoms with E-state index in [1.165, 1.54) is 6.92 Å². The summed E-state index contributed by atoms with van der Waals surface area (Å²) >= 11 is 0. The van der Waals surface area contributed by atoms with Gasteiger partial charge in [-0.1, -0.05) is 99.6 Å². The predicted molar refractivity (Wildman–Crippen MR) is 140 cm³/mol. The van der Waals surface area contributed by atoms with Crippen LogP contribution in [0.3, 0.4) is 0 Å². The third-order valence-corrected chi connectivity index (χ3v) is 11.4. The summed E-state index contributed by atoms with van der Waals surface area (Å²) in [7, 11) is -2.97. The van der Waals surface area contributed by atoms with Gasteiger partial charge in [0.25, 0.3) is 8.32 Å². The molecule has 1 heterocycles. The predicted octanol–water partition coefficient (Wildman–Crippen LogP) is 4.08. The minimum absolute atomic E-state index is 0.120. The van der Waals surface area contributed by atoms with Crippen molar-refractivity contribution in [1.82, 2.24) is 0 Å². The Labute approximate surface area is 213 Å². The summed E-state index contributed by atoms with van der Waals surface area (Å²) in [6.45, 7) is 7.93. The highest BCUT2D eigenvalue weighted by molar-refractivity contribution is 6.99. The van der Waals surface area contributed by atoms with E-state index in [9.17, 15) is 9.59 Å². The molecule has 3 aromatic carbocycles. The van der Waals surface area contributed by atoms with Crippen molar-refractivity contribution in [2.75, 3.05) is 6.61 Å². The maximum Gasteiger partial charge on any atom is 0.338 e. The number of carbonyl (C=O) groups is 2. The molecule has 0 aliphatic carbocycles. The maximum atomic E-state index is 13.0. The van der Waals surface area contributed by atoms with Crippen LogP contribution < -0.4 is 10.4 Å². The van der Waals surface area contributed by atoms with E-state index in [2.05, 4.69) is 45.0 Å². The van der Waals surface area contributed by atoms with Gasteiger partial charge in [0.05, 0.1) is 12.2 Å². The Hall–Kier alpha value is -3.26. The SMILES string of the molecule is CC(=O)OC1OCC(O[Si](c2ccccc2)(c2ccccc2)C(C)(C)C)C1OC(=O)c1ccccc1. The molecular formula is C29H32O6Si. The Morgan fingerprint density at radius 3 is 1.78 bits per heavy atom. The lowest BCUT2D eigenvalue weighted by Gasteiger charge is -2.45. The molecule has 0 radical (unpaired) electrons. The molecule has 3 aromatic rings. The molecule has 1 aliphatic rings. The molecule has 1 aliphatic heterocycles. The van der Waals surface area contributed by atoms with Gasteiger partial charge in [0.2, 0.25) is 6.29 Å². The first-order valence-electron chi connectivity index (χ1n) is 12.1. The van der Waals surface area contributed by atoms with Gasteiger partial charge in [0.15, 0.2) is 6.10 Å². The van der Waals surface area contributed by atoms with Crippen molar-refractivity contribution in [3.8, 4) is 0 Å². The zero-order valence-corrected chi connectivity index (χ0v) is 22.0. The smallest absolute Gasteiger partial charge is 0.338 e. The van der Waals surface area contributed by atoms with Crippen LogP contribution >= 0.6 is 0 Å². The van der Waals surface area contributed by atoms with Crippen molar-refractivity contribution in [1.29, 1.82) is 0 Å². The summed E-state index contributed by atoms with van der Waals surface area (Å²) in [4.78, 5) is 24.8. The molecule has 0 spiro atoms. The van der Waals surface area contributed by atoms with Crippen LogP contribution in [0.5, 0.6) is 0 Å². The quantitative estimate of drug-likeness (QED) is 0.357. The van der Waals surface area contributed by atoms with Crippen LogP contribution in [-0.2, 0) is 23.4 Å². The highest BCUT2D eigenvalue weighted by Crippen LogP contribution is 2.39. The van der Waals surface area contributed by atoms with Crippen LogP contribution in [0.4, 0.5) is 0 Å². The van der Waals surface area contributed by atoms with Gasteiger partial charge in [-0.05, 0) is 27.5 Å². The second-order valence-corrected chi connectivity index (χ2v) is 14.1. The molecule has 7 heteroatoms. The minimum atomic E-state index is -2.97. The lowest BCUT2D eigenvalue weighted by Crippen LogP contribution is -2.68. The number of hydrogen-bond donors (Lipinski definition) is 0. The highest BCUT2D eigenvalue weighted by atomic mass is 28.4. The first kappa shape index (κ1) is 25.8. The molecule has 3 unspecified atom stereocenters. The van der Waals surface area contributed by atoms with E-state index in [0.717, 1.165) is 10.4 Å². The van der Waals surface area contributed by atoms with E-state index in [0.29, 0.717) is 5.56 Å². The molecule has 0 saturated carbocycles. The lowest BCUT2D eigenvalue weighted by atomic mass is 10.2. The van der Waals surface area contributed by atoms with Gasteiger partial charge in [-0.2, -0.15) is 0 Å². The molecule has 36 heavy (non-hydrogen) atoms. The van der Waals surface area contributed by atoms with E-state index in [1.54, 1.807) is 24.3 Å². The number of benzene rings is 3. The summed E-state index contributed by atoms with van der Waals surface area (Å²) in [6, 6.07) is 29.1. The summed E-state index contributed by atoms with van der Waals surface area (Å²) in [5.74, 6) is -1.05. The van der Waals surface area contributed by atoms with Crippen LogP contribution in [0.2, 0.25) is 5.04 Å². The molecule has 0 bridgehead atoms. The van der Waals surface area contributed by atoms with Crippen LogP contribution in [0.15, 0.2) is 91.0 Å². The van der Waals surface area contributed by atoms with Crippen molar-refractivity contribution < 1.29 is 28.2 Å². The van der Waals surface area contributed by atoms with Gasteiger partial charge in [-0.3, -0.25) is 4.79 Å². The molecule has 4 rings (SSSR count). The van der Waals surface area contributed by atoms with Gasteiger partial charge in [0, 0.05) is 6.92 Å². The van der Waals surface area contributed by atoms with Gasteiger partial charge in [0.1, 0.15) is 6.10 Å². The summed E-state index contributed by atoms with van der Waals surface area (Å²) in [5.41, 5.74) is 0.398. The second kappa shape index (κ2) is 10.8. The summed E-state index contributed by atoms with van der Waals surface area (Å²) < 4.78 is 24.3. The van der Waals surface area contributed by atoms with Gasteiger partial charge in [-0.15, -0.1) is 0 Å². The first-order chi connectivity index (χ1) is 17.2. The van der Waals surface area contributed by atoms with Crippen LogP contribution in [-0.4, -0.2) is 45.4 Å². The standard InChI is InChI=1S/C29H32O6Si/c1-21(30)33-28-26(34-27(31)22-14-8-5-9-15-22)25(20-32-28)35-36(29(2,3)4,23-16-10-6-11-17-23)24-18-12-7-13-19-24/h5-19,25-26,28H,20H2,1-4H3.